The molecule has 31 heavy (non-hydrogen) atoms. The van der Waals surface area contributed by atoms with Gasteiger partial charge in [0.2, 0.25) is 15.9 Å². The fourth-order valence-corrected chi connectivity index (χ4v) is 4.97. The Bertz CT molecular complexity index is 1050. The molecule has 7 nitrogen and oxygen atoms in total. The number of halogens is 2. The molecule has 3 rings (SSSR count). The van der Waals surface area contributed by atoms with E-state index in [1.54, 1.807) is 31.1 Å². The highest BCUT2D eigenvalue weighted by Crippen LogP contribution is 2.30. The molecule has 1 fully saturated rings. The fourth-order valence-electron chi connectivity index (χ4n) is 3.42. The summed E-state index contributed by atoms with van der Waals surface area (Å²) in [7, 11) is -0.0551. The van der Waals surface area contributed by atoms with Crippen LogP contribution in [0.15, 0.2) is 41.3 Å². The molecular formula is C21H26F2N4O3S. The molecule has 0 atom stereocenters. The molecule has 10 heteroatoms. The van der Waals surface area contributed by atoms with Gasteiger partial charge in [-0.25, -0.2) is 17.2 Å². The Kier molecular flexibility index (Phi) is 7.11. The molecule has 0 saturated carbocycles. The molecule has 1 saturated heterocycles. The van der Waals surface area contributed by atoms with Crippen LogP contribution in [0.4, 0.5) is 25.8 Å². The second-order valence-corrected chi connectivity index (χ2v) is 9.50. The summed E-state index contributed by atoms with van der Waals surface area (Å²) in [5.41, 5.74) is 0.862. The summed E-state index contributed by atoms with van der Waals surface area (Å²) in [4.78, 5) is 14.2. The maximum Gasteiger partial charge on any atom is 0.243 e. The third-order valence-corrected chi connectivity index (χ3v) is 6.94. The molecule has 2 N–H and O–H groups in total. The van der Waals surface area contributed by atoms with Crippen molar-refractivity contribution in [1.29, 1.82) is 0 Å². The molecular weight excluding hydrogens is 426 g/mol. The Hall–Kier alpha value is -2.72. The van der Waals surface area contributed by atoms with Gasteiger partial charge in [0.25, 0.3) is 0 Å². The second-order valence-electron chi connectivity index (χ2n) is 7.56. The first kappa shape index (κ1) is 23.0. The zero-order valence-electron chi connectivity index (χ0n) is 17.5. The lowest BCUT2D eigenvalue weighted by Crippen LogP contribution is -2.35. The van der Waals surface area contributed by atoms with E-state index < -0.39 is 27.6 Å². The predicted octanol–water partition coefficient (Wildman–Crippen LogP) is 3.26. The number of nitrogens with one attached hydrogen (secondary N) is 2. The van der Waals surface area contributed by atoms with Crippen molar-refractivity contribution in [2.75, 3.05) is 49.3 Å². The Balaban J connectivity index is 1.78. The van der Waals surface area contributed by atoms with Crippen molar-refractivity contribution in [3.05, 3.63) is 48.0 Å². The summed E-state index contributed by atoms with van der Waals surface area (Å²) in [6.45, 7) is 0.717. The van der Waals surface area contributed by atoms with Crippen molar-refractivity contribution in [1.82, 2.24) is 4.31 Å². The van der Waals surface area contributed by atoms with E-state index in [1.807, 2.05) is 0 Å². The molecule has 0 bridgehead atoms. The van der Waals surface area contributed by atoms with E-state index in [9.17, 15) is 22.0 Å². The van der Waals surface area contributed by atoms with E-state index in [2.05, 4.69) is 10.6 Å². The molecule has 1 heterocycles. The minimum absolute atomic E-state index is 0.138. The number of rotatable bonds is 7. The Morgan fingerprint density at radius 1 is 1.03 bits per heavy atom. The normalized spacial score (nSPS) is 14.8. The topological polar surface area (TPSA) is 81.8 Å². The maximum absolute atomic E-state index is 13.7. The van der Waals surface area contributed by atoms with Gasteiger partial charge in [-0.05, 0) is 43.2 Å². The molecule has 0 unspecified atom stereocenters. The SMILES string of the molecule is CN(C)c1ccc(S(=O)(=O)N2CCCCC2)cc1NCC(=O)Nc1cc(F)ccc1F. The van der Waals surface area contributed by atoms with Gasteiger partial charge in [-0.3, -0.25) is 4.79 Å². The van der Waals surface area contributed by atoms with Gasteiger partial charge in [-0.2, -0.15) is 4.31 Å². The van der Waals surface area contributed by atoms with E-state index in [-0.39, 0.29) is 17.1 Å². The number of hydrogen-bond acceptors (Lipinski definition) is 5. The summed E-state index contributed by atoms with van der Waals surface area (Å²) in [5, 5.41) is 5.22. The molecule has 0 aromatic heterocycles. The van der Waals surface area contributed by atoms with Crippen LogP contribution < -0.4 is 15.5 Å². The summed E-state index contributed by atoms with van der Waals surface area (Å²) in [6.07, 6.45) is 2.67. The van der Waals surface area contributed by atoms with Crippen molar-refractivity contribution in [3.63, 3.8) is 0 Å². The average Bonchev–Trinajstić information content (AvgIpc) is 2.75. The third-order valence-electron chi connectivity index (χ3n) is 5.04. The van der Waals surface area contributed by atoms with Gasteiger partial charge in [-0.15, -0.1) is 0 Å². The molecule has 1 aliphatic rings. The number of nitrogens with zero attached hydrogens (tertiary/aromatic N) is 2. The second kappa shape index (κ2) is 9.61. The fraction of sp³-hybridized carbons (Fsp3) is 0.381. The van der Waals surface area contributed by atoms with E-state index >= 15 is 0 Å². The van der Waals surface area contributed by atoms with Gasteiger partial charge >= 0.3 is 0 Å². The van der Waals surface area contributed by atoms with E-state index in [1.165, 1.54) is 10.4 Å². The van der Waals surface area contributed by atoms with Crippen LogP contribution in [0.1, 0.15) is 19.3 Å². The van der Waals surface area contributed by atoms with E-state index in [0.717, 1.165) is 37.5 Å². The summed E-state index contributed by atoms with van der Waals surface area (Å²) in [5.74, 6) is -2.02. The highest BCUT2D eigenvalue weighted by Gasteiger charge is 2.26. The van der Waals surface area contributed by atoms with E-state index in [4.69, 9.17) is 0 Å². The molecule has 168 valence electrons. The number of amides is 1. The first-order valence-corrected chi connectivity index (χ1v) is 11.4. The van der Waals surface area contributed by atoms with Crippen LogP contribution in [0.3, 0.4) is 0 Å². The lowest BCUT2D eigenvalue weighted by Gasteiger charge is -2.27. The molecule has 1 amide bonds. The lowest BCUT2D eigenvalue weighted by atomic mass is 10.2. The molecule has 0 radical (unpaired) electrons. The lowest BCUT2D eigenvalue weighted by molar-refractivity contribution is -0.114. The van der Waals surface area contributed by atoms with Crippen LogP contribution in [-0.4, -0.2) is 52.4 Å². The smallest absolute Gasteiger partial charge is 0.243 e. The van der Waals surface area contributed by atoms with Crippen molar-refractivity contribution >= 4 is 33.0 Å². The molecule has 2 aromatic rings. The Morgan fingerprint density at radius 2 is 1.74 bits per heavy atom. The average molecular weight is 453 g/mol. The summed E-state index contributed by atoms with van der Waals surface area (Å²) < 4.78 is 54.5. The summed E-state index contributed by atoms with van der Waals surface area (Å²) in [6, 6.07) is 7.49. The van der Waals surface area contributed by atoms with Crippen LogP contribution in [0, 0.1) is 11.6 Å². The molecule has 2 aromatic carbocycles. The first-order valence-electron chi connectivity index (χ1n) is 9.99. The van der Waals surface area contributed by atoms with Gasteiger partial charge in [0, 0.05) is 33.3 Å². The molecule has 1 aliphatic heterocycles. The van der Waals surface area contributed by atoms with Gasteiger partial charge in [0.15, 0.2) is 0 Å². The molecule has 0 spiro atoms. The van der Waals surface area contributed by atoms with Crippen molar-refractivity contribution in [2.24, 2.45) is 0 Å². The standard InChI is InChI=1S/C21H26F2N4O3S/c1-26(2)20-9-7-16(31(29,30)27-10-4-3-5-11-27)13-19(20)24-14-21(28)25-18-12-15(22)6-8-17(18)23/h6-9,12-13,24H,3-5,10-11,14H2,1-2H3,(H,25,28). The highest BCUT2D eigenvalue weighted by atomic mass is 32.2. The van der Waals surface area contributed by atoms with Crippen molar-refractivity contribution < 1.29 is 22.0 Å². The van der Waals surface area contributed by atoms with Crippen molar-refractivity contribution in [3.8, 4) is 0 Å². The van der Waals surface area contributed by atoms with Crippen LogP contribution in [0.25, 0.3) is 0 Å². The van der Waals surface area contributed by atoms with Gasteiger partial charge in [-0.1, -0.05) is 6.42 Å². The van der Waals surface area contributed by atoms with Gasteiger partial charge in [0.1, 0.15) is 11.6 Å². The number of benzene rings is 2. The van der Waals surface area contributed by atoms with Crippen LogP contribution in [0.5, 0.6) is 0 Å². The minimum Gasteiger partial charge on any atom is -0.376 e. The van der Waals surface area contributed by atoms with Gasteiger partial charge in [0.05, 0.1) is 28.5 Å². The number of piperidine rings is 1. The predicted molar refractivity (Wildman–Crippen MR) is 117 cm³/mol. The number of carbonyl (C=O) groups is 1. The number of carbonyl (C=O) groups excluding carboxylic acids is 1. The minimum atomic E-state index is -3.64. The van der Waals surface area contributed by atoms with E-state index in [0.29, 0.717) is 24.5 Å². The zero-order valence-corrected chi connectivity index (χ0v) is 18.3. The van der Waals surface area contributed by atoms with Crippen LogP contribution in [0.2, 0.25) is 0 Å². The summed E-state index contributed by atoms with van der Waals surface area (Å²) >= 11 is 0. The number of hydrogen-bond donors (Lipinski definition) is 2. The largest absolute Gasteiger partial charge is 0.376 e. The number of anilines is 3. The van der Waals surface area contributed by atoms with Gasteiger partial charge < -0.3 is 15.5 Å². The van der Waals surface area contributed by atoms with Crippen molar-refractivity contribution in [2.45, 2.75) is 24.2 Å². The van der Waals surface area contributed by atoms with Crippen LogP contribution in [-0.2, 0) is 14.8 Å². The Labute approximate surface area is 181 Å². The highest BCUT2D eigenvalue weighted by molar-refractivity contribution is 7.89. The number of sulfonamides is 1. The first-order chi connectivity index (χ1) is 14.7. The Morgan fingerprint density at radius 3 is 2.42 bits per heavy atom. The molecule has 0 aliphatic carbocycles. The maximum atomic E-state index is 13.7. The quantitative estimate of drug-likeness (QED) is 0.674. The van der Waals surface area contributed by atoms with Crippen LogP contribution >= 0.6 is 0 Å². The third kappa shape index (κ3) is 5.50. The zero-order chi connectivity index (χ0) is 22.6. The monoisotopic (exact) mass is 452 g/mol.